The number of imidazole rings is 1. The zero-order valence-corrected chi connectivity index (χ0v) is 13.5. The summed E-state index contributed by atoms with van der Waals surface area (Å²) < 4.78 is 5.34. The Bertz CT molecular complexity index is 793. The lowest BCUT2D eigenvalue weighted by Crippen LogP contribution is -2.11. The number of nitrogens with one attached hydrogen (secondary N) is 2. The Morgan fingerprint density at radius 1 is 1.21 bits per heavy atom. The highest BCUT2D eigenvalue weighted by molar-refractivity contribution is 5.93. The van der Waals surface area contributed by atoms with Gasteiger partial charge in [0.1, 0.15) is 0 Å². The molecule has 2 aromatic heterocycles. The van der Waals surface area contributed by atoms with Gasteiger partial charge in [0.05, 0.1) is 17.3 Å². The van der Waals surface area contributed by atoms with Crippen molar-refractivity contribution < 1.29 is 9.21 Å². The van der Waals surface area contributed by atoms with Crippen LogP contribution in [0.15, 0.2) is 41.0 Å². The number of anilines is 1. The van der Waals surface area contributed by atoms with Crippen LogP contribution in [-0.2, 0) is 4.79 Å². The summed E-state index contributed by atoms with van der Waals surface area (Å²) in [6.07, 6.45) is 6.18. The standard InChI is InChI=1S/C18H22N4O2/c19-10-4-2-1-3-7-17(23)20-13-8-9-14-15(12-13)22-18(21-14)16-6-5-11-24-16/h5-6,8-9,11-12H,1-4,7,10,19H2,(H,20,23)(H,21,22). The van der Waals surface area contributed by atoms with Gasteiger partial charge < -0.3 is 20.5 Å². The molecule has 0 unspecified atom stereocenters. The van der Waals surface area contributed by atoms with Crippen LogP contribution in [0.25, 0.3) is 22.6 Å². The number of aromatic nitrogens is 2. The van der Waals surface area contributed by atoms with E-state index >= 15 is 0 Å². The third kappa shape index (κ3) is 4.02. The molecule has 0 saturated carbocycles. The van der Waals surface area contributed by atoms with Crippen molar-refractivity contribution in [1.29, 1.82) is 0 Å². The number of aromatic amines is 1. The van der Waals surface area contributed by atoms with Gasteiger partial charge >= 0.3 is 0 Å². The molecule has 6 heteroatoms. The van der Waals surface area contributed by atoms with Crippen LogP contribution in [-0.4, -0.2) is 22.4 Å². The maximum Gasteiger partial charge on any atom is 0.224 e. The number of unbranched alkanes of at least 4 members (excludes halogenated alkanes) is 3. The summed E-state index contributed by atoms with van der Waals surface area (Å²) >= 11 is 0. The SMILES string of the molecule is NCCCCCCC(=O)Nc1ccc2nc(-c3ccco3)[nH]c2c1. The van der Waals surface area contributed by atoms with Gasteiger partial charge in [-0.1, -0.05) is 12.8 Å². The van der Waals surface area contributed by atoms with E-state index in [1.165, 1.54) is 0 Å². The van der Waals surface area contributed by atoms with E-state index in [0.29, 0.717) is 18.0 Å². The van der Waals surface area contributed by atoms with Gasteiger partial charge in [-0.05, 0) is 49.7 Å². The van der Waals surface area contributed by atoms with Crippen LogP contribution in [0, 0.1) is 0 Å². The fourth-order valence-electron chi connectivity index (χ4n) is 2.62. The molecule has 0 aliphatic carbocycles. The van der Waals surface area contributed by atoms with E-state index in [2.05, 4.69) is 15.3 Å². The molecule has 2 heterocycles. The Hall–Kier alpha value is -2.60. The maximum atomic E-state index is 12.0. The van der Waals surface area contributed by atoms with Gasteiger partial charge in [0.15, 0.2) is 11.6 Å². The molecular formula is C18H22N4O2. The number of hydrogen-bond donors (Lipinski definition) is 3. The van der Waals surface area contributed by atoms with E-state index in [9.17, 15) is 4.79 Å². The topological polar surface area (TPSA) is 96.9 Å². The molecule has 0 bridgehead atoms. The molecule has 24 heavy (non-hydrogen) atoms. The molecule has 0 aliphatic heterocycles. The molecule has 4 N–H and O–H groups in total. The lowest BCUT2D eigenvalue weighted by molar-refractivity contribution is -0.116. The van der Waals surface area contributed by atoms with Crippen LogP contribution in [0.1, 0.15) is 32.1 Å². The molecule has 3 aromatic rings. The van der Waals surface area contributed by atoms with Crippen molar-refractivity contribution >= 4 is 22.6 Å². The lowest BCUT2D eigenvalue weighted by Gasteiger charge is -2.05. The van der Waals surface area contributed by atoms with Crippen LogP contribution >= 0.6 is 0 Å². The smallest absolute Gasteiger partial charge is 0.224 e. The lowest BCUT2D eigenvalue weighted by atomic mass is 10.1. The van der Waals surface area contributed by atoms with Crippen molar-refractivity contribution in [1.82, 2.24) is 9.97 Å². The van der Waals surface area contributed by atoms with Crippen LogP contribution in [0.2, 0.25) is 0 Å². The fraction of sp³-hybridized carbons (Fsp3) is 0.333. The molecule has 0 aliphatic rings. The van der Waals surface area contributed by atoms with E-state index < -0.39 is 0 Å². The summed E-state index contributed by atoms with van der Waals surface area (Å²) in [5, 5.41) is 2.93. The second-order valence-corrected chi connectivity index (χ2v) is 5.80. The quantitative estimate of drug-likeness (QED) is 0.550. The van der Waals surface area contributed by atoms with Gasteiger partial charge in [0, 0.05) is 12.1 Å². The predicted molar refractivity (Wildman–Crippen MR) is 94.6 cm³/mol. The second-order valence-electron chi connectivity index (χ2n) is 5.80. The Morgan fingerprint density at radius 2 is 2.08 bits per heavy atom. The highest BCUT2D eigenvalue weighted by Crippen LogP contribution is 2.23. The van der Waals surface area contributed by atoms with Crippen molar-refractivity contribution in [2.45, 2.75) is 32.1 Å². The molecule has 0 radical (unpaired) electrons. The number of rotatable bonds is 8. The summed E-state index contributed by atoms with van der Waals surface area (Å²) in [4.78, 5) is 19.7. The van der Waals surface area contributed by atoms with E-state index in [-0.39, 0.29) is 5.91 Å². The highest BCUT2D eigenvalue weighted by atomic mass is 16.3. The molecule has 1 aromatic carbocycles. The molecule has 1 amide bonds. The molecule has 6 nitrogen and oxygen atoms in total. The van der Waals surface area contributed by atoms with E-state index in [1.54, 1.807) is 6.26 Å². The Kier molecular flexibility index (Phi) is 5.28. The van der Waals surface area contributed by atoms with E-state index in [1.807, 2.05) is 30.3 Å². The van der Waals surface area contributed by atoms with Crippen molar-refractivity contribution in [3.63, 3.8) is 0 Å². The minimum atomic E-state index is 0.0351. The third-order valence-corrected chi connectivity index (χ3v) is 3.88. The maximum absolute atomic E-state index is 12.0. The number of nitrogens with zero attached hydrogens (tertiary/aromatic N) is 1. The Morgan fingerprint density at radius 3 is 2.88 bits per heavy atom. The fourth-order valence-corrected chi connectivity index (χ4v) is 2.62. The minimum Gasteiger partial charge on any atom is -0.461 e. The average molecular weight is 326 g/mol. The summed E-state index contributed by atoms with van der Waals surface area (Å²) in [5.74, 6) is 1.40. The molecule has 0 fully saturated rings. The number of benzene rings is 1. The number of carbonyl (C=O) groups excluding carboxylic acids is 1. The Labute approximate surface area is 140 Å². The van der Waals surface area contributed by atoms with Crippen molar-refractivity contribution in [2.24, 2.45) is 5.73 Å². The van der Waals surface area contributed by atoms with Crippen molar-refractivity contribution in [3.8, 4) is 11.6 Å². The molecule has 126 valence electrons. The molecule has 0 spiro atoms. The number of nitrogens with two attached hydrogens (primary N) is 1. The van der Waals surface area contributed by atoms with Crippen LogP contribution in [0.4, 0.5) is 5.69 Å². The summed E-state index contributed by atoms with van der Waals surface area (Å²) in [5.41, 5.74) is 7.92. The largest absolute Gasteiger partial charge is 0.461 e. The predicted octanol–water partition coefficient (Wildman–Crippen LogP) is 3.67. The van der Waals surface area contributed by atoms with Gasteiger partial charge in [-0.25, -0.2) is 4.98 Å². The number of fused-ring (bicyclic) bond motifs is 1. The zero-order valence-electron chi connectivity index (χ0n) is 13.5. The summed E-state index contributed by atoms with van der Waals surface area (Å²) in [6, 6.07) is 9.31. The molecule has 0 saturated heterocycles. The van der Waals surface area contributed by atoms with Crippen molar-refractivity contribution in [3.05, 3.63) is 36.6 Å². The number of amides is 1. The van der Waals surface area contributed by atoms with E-state index in [0.717, 1.165) is 48.9 Å². The highest BCUT2D eigenvalue weighted by Gasteiger charge is 2.09. The number of H-pyrrole nitrogens is 1. The van der Waals surface area contributed by atoms with Gasteiger partial charge in [-0.3, -0.25) is 4.79 Å². The number of furan rings is 1. The van der Waals surface area contributed by atoms with Crippen LogP contribution in [0.3, 0.4) is 0 Å². The zero-order chi connectivity index (χ0) is 16.8. The first-order valence-corrected chi connectivity index (χ1v) is 8.30. The Balaban J connectivity index is 1.60. The summed E-state index contributed by atoms with van der Waals surface area (Å²) in [7, 11) is 0. The molecule has 3 rings (SSSR count). The van der Waals surface area contributed by atoms with Gasteiger partial charge in [0.2, 0.25) is 5.91 Å². The van der Waals surface area contributed by atoms with Crippen molar-refractivity contribution in [2.75, 3.05) is 11.9 Å². The van der Waals surface area contributed by atoms with Gasteiger partial charge in [-0.2, -0.15) is 0 Å². The first kappa shape index (κ1) is 16.3. The normalized spacial score (nSPS) is 11.0. The summed E-state index contributed by atoms with van der Waals surface area (Å²) in [6.45, 7) is 0.719. The molecular weight excluding hydrogens is 304 g/mol. The average Bonchev–Trinajstić information content (AvgIpc) is 3.23. The first-order chi connectivity index (χ1) is 11.8. The second kappa shape index (κ2) is 7.79. The molecule has 0 atom stereocenters. The van der Waals surface area contributed by atoms with Gasteiger partial charge in [0.25, 0.3) is 0 Å². The number of carbonyl (C=O) groups is 1. The third-order valence-electron chi connectivity index (χ3n) is 3.88. The minimum absolute atomic E-state index is 0.0351. The van der Waals surface area contributed by atoms with E-state index in [4.69, 9.17) is 10.2 Å². The van der Waals surface area contributed by atoms with Crippen LogP contribution < -0.4 is 11.1 Å². The van der Waals surface area contributed by atoms with Crippen LogP contribution in [0.5, 0.6) is 0 Å². The monoisotopic (exact) mass is 326 g/mol. The van der Waals surface area contributed by atoms with Gasteiger partial charge in [-0.15, -0.1) is 0 Å². The first-order valence-electron chi connectivity index (χ1n) is 8.30. The number of hydrogen-bond acceptors (Lipinski definition) is 4.